The minimum atomic E-state index is -0.436. The van der Waals surface area contributed by atoms with Crippen molar-refractivity contribution in [3.63, 3.8) is 0 Å². The van der Waals surface area contributed by atoms with E-state index in [9.17, 15) is 10.1 Å². The number of hydrogen-bond donors (Lipinski definition) is 0. The van der Waals surface area contributed by atoms with Gasteiger partial charge in [-0.1, -0.05) is 6.08 Å². The van der Waals surface area contributed by atoms with E-state index in [2.05, 4.69) is 11.7 Å². The molecule has 0 fully saturated rings. The van der Waals surface area contributed by atoms with E-state index >= 15 is 0 Å². The SMILES string of the molecule is C=CCCSCCn1cc([N+](=O)[O-])cn1. The quantitative estimate of drug-likeness (QED) is 0.310. The summed E-state index contributed by atoms with van der Waals surface area (Å²) < 4.78 is 1.60. The van der Waals surface area contributed by atoms with Crippen molar-refractivity contribution in [3.05, 3.63) is 35.2 Å². The summed E-state index contributed by atoms with van der Waals surface area (Å²) in [6.07, 6.45) is 5.60. The first kappa shape index (κ1) is 11.8. The Hall–Kier alpha value is -1.30. The molecule has 15 heavy (non-hydrogen) atoms. The van der Waals surface area contributed by atoms with Gasteiger partial charge in [-0.2, -0.15) is 16.9 Å². The molecule has 1 heterocycles. The van der Waals surface area contributed by atoms with E-state index in [1.54, 1.807) is 16.4 Å². The van der Waals surface area contributed by atoms with Crippen molar-refractivity contribution in [1.29, 1.82) is 0 Å². The second kappa shape index (κ2) is 6.23. The predicted octanol–water partition coefficient (Wildman–Crippen LogP) is 2.10. The molecule has 0 N–H and O–H groups in total. The monoisotopic (exact) mass is 227 g/mol. The van der Waals surface area contributed by atoms with E-state index in [-0.39, 0.29) is 5.69 Å². The zero-order valence-corrected chi connectivity index (χ0v) is 9.15. The maximum Gasteiger partial charge on any atom is 0.306 e. The van der Waals surface area contributed by atoms with Crippen molar-refractivity contribution >= 4 is 17.4 Å². The molecule has 0 saturated heterocycles. The van der Waals surface area contributed by atoms with Gasteiger partial charge in [-0.25, -0.2) is 0 Å². The number of nitro groups is 1. The molecule has 0 unspecified atom stereocenters. The van der Waals surface area contributed by atoms with Crippen molar-refractivity contribution in [2.24, 2.45) is 0 Å². The molecule has 5 nitrogen and oxygen atoms in total. The molecule has 0 aromatic carbocycles. The Morgan fingerprint density at radius 1 is 1.67 bits per heavy atom. The third-order valence-corrected chi connectivity index (χ3v) is 2.76. The van der Waals surface area contributed by atoms with E-state index in [0.29, 0.717) is 6.54 Å². The van der Waals surface area contributed by atoms with Gasteiger partial charge in [-0.05, 0) is 12.2 Å². The van der Waals surface area contributed by atoms with Gasteiger partial charge in [0, 0.05) is 5.75 Å². The molecule has 0 amide bonds. The molecule has 1 rings (SSSR count). The fourth-order valence-corrected chi connectivity index (χ4v) is 1.85. The Labute approximate surface area is 92.3 Å². The van der Waals surface area contributed by atoms with Gasteiger partial charge in [0.1, 0.15) is 12.4 Å². The van der Waals surface area contributed by atoms with Crippen LogP contribution >= 0.6 is 11.8 Å². The van der Waals surface area contributed by atoms with Crippen LogP contribution in [0.3, 0.4) is 0 Å². The average Bonchev–Trinajstić information content (AvgIpc) is 2.66. The minimum absolute atomic E-state index is 0.0473. The van der Waals surface area contributed by atoms with Crippen LogP contribution in [0.4, 0.5) is 5.69 Å². The number of aryl methyl sites for hydroxylation is 1. The molecular formula is C9H13N3O2S. The van der Waals surface area contributed by atoms with Crippen LogP contribution in [0.15, 0.2) is 25.0 Å². The molecule has 6 heteroatoms. The maximum atomic E-state index is 10.4. The van der Waals surface area contributed by atoms with E-state index < -0.39 is 4.92 Å². The lowest BCUT2D eigenvalue weighted by Crippen LogP contribution is -2.00. The lowest BCUT2D eigenvalue weighted by atomic mass is 10.5. The summed E-state index contributed by atoms with van der Waals surface area (Å²) in [6.45, 7) is 4.34. The topological polar surface area (TPSA) is 61.0 Å². The Morgan fingerprint density at radius 2 is 2.47 bits per heavy atom. The number of hydrogen-bond acceptors (Lipinski definition) is 4. The molecular weight excluding hydrogens is 214 g/mol. The molecule has 0 atom stereocenters. The zero-order valence-electron chi connectivity index (χ0n) is 8.33. The highest BCUT2D eigenvalue weighted by Crippen LogP contribution is 2.09. The van der Waals surface area contributed by atoms with Crippen molar-refractivity contribution in [2.75, 3.05) is 11.5 Å². The van der Waals surface area contributed by atoms with Gasteiger partial charge in [0.25, 0.3) is 0 Å². The standard InChI is InChI=1S/C9H13N3O2S/c1-2-3-5-15-6-4-11-8-9(7-10-11)12(13)14/h2,7-8H,1,3-6H2. The van der Waals surface area contributed by atoms with Crippen molar-refractivity contribution in [3.8, 4) is 0 Å². The van der Waals surface area contributed by atoms with Gasteiger partial charge in [0.2, 0.25) is 0 Å². The molecule has 0 aliphatic carbocycles. The highest BCUT2D eigenvalue weighted by atomic mass is 32.2. The van der Waals surface area contributed by atoms with Crippen LogP contribution in [0.1, 0.15) is 6.42 Å². The second-order valence-electron chi connectivity index (χ2n) is 2.91. The van der Waals surface area contributed by atoms with Gasteiger partial charge in [0.05, 0.1) is 11.5 Å². The summed E-state index contributed by atoms with van der Waals surface area (Å²) in [5.74, 6) is 1.94. The Kier molecular flexibility index (Phi) is 4.89. The largest absolute Gasteiger partial charge is 0.306 e. The minimum Gasteiger partial charge on any atom is -0.265 e. The maximum absolute atomic E-state index is 10.4. The van der Waals surface area contributed by atoms with Gasteiger partial charge < -0.3 is 0 Å². The highest BCUT2D eigenvalue weighted by Gasteiger charge is 2.07. The molecule has 0 saturated carbocycles. The summed E-state index contributed by atoms with van der Waals surface area (Å²) in [7, 11) is 0. The average molecular weight is 227 g/mol. The number of aromatic nitrogens is 2. The van der Waals surface area contributed by atoms with E-state index in [1.165, 1.54) is 12.4 Å². The van der Waals surface area contributed by atoms with Crippen LogP contribution < -0.4 is 0 Å². The van der Waals surface area contributed by atoms with Crippen molar-refractivity contribution in [1.82, 2.24) is 9.78 Å². The molecule has 0 aliphatic heterocycles. The van der Waals surface area contributed by atoms with Crippen LogP contribution in [0, 0.1) is 10.1 Å². The van der Waals surface area contributed by atoms with E-state index in [4.69, 9.17) is 0 Å². The van der Waals surface area contributed by atoms with Crippen LogP contribution in [0.2, 0.25) is 0 Å². The fourth-order valence-electron chi connectivity index (χ4n) is 0.996. The molecule has 1 aromatic rings. The summed E-state index contributed by atoms with van der Waals surface area (Å²) in [6, 6.07) is 0. The molecule has 0 bridgehead atoms. The molecule has 82 valence electrons. The highest BCUT2D eigenvalue weighted by molar-refractivity contribution is 7.99. The lowest BCUT2D eigenvalue weighted by molar-refractivity contribution is -0.385. The Morgan fingerprint density at radius 3 is 3.07 bits per heavy atom. The normalized spacial score (nSPS) is 10.1. The van der Waals surface area contributed by atoms with Crippen LogP contribution in [-0.2, 0) is 6.54 Å². The van der Waals surface area contributed by atoms with Crippen molar-refractivity contribution in [2.45, 2.75) is 13.0 Å². The number of rotatable bonds is 7. The van der Waals surface area contributed by atoms with Gasteiger partial charge in [-0.3, -0.25) is 14.8 Å². The van der Waals surface area contributed by atoms with Gasteiger partial charge >= 0.3 is 5.69 Å². The first-order valence-corrected chi connectivity index (χ1v) is 5.75. The number of thioether (sulfide) groups is 1. The summed E-state index contributed by atoms with van der Waals surface area (Å²) in [5, 5.41) is 14.3. The van der Waals surface area contributed by atoms with Crippen LogP contribution in [0.5, 0.6) is 0 Å². The molecule has 0 spiro atoms. The third kappa shape index (κ3) is 4.16. The van der Waals surface area contributed by atoms with Crippen molar-refractivity contribution < 1.29 is 4.92 Å². The second-order valence-corrected chi connectivity index (χ2v) is 4.13. The summed E-state index contributed by atoms with van der Waals surface area (Å²) >= 11 is 1.79. The molecule has 0 aliphatic rings. The molecule has 1 aromatic heterocycles. The zero-order chi connectivity index (χ0) is 11.1. The number of nitrogens with zero attached hydrogens (tertiary/aromatic N) is 3. The predicted molar refractivity (Wildman–Crippen MR) is 61.0 cm³/mol. The lowest BCUT2D eigenvalue weighted by Gasteiger charge is -1.99. The fraction of sp³-hybridized carbons (Fsp3) is 0.444. The molecule has 0 radical (unpaired) electrons. The van der Waals surface area contributed by atoms with Crippen LogP contribution in [-0.4, -0.2) is 26.2 Å². The first-order valence-electron chi connectivity index (χ1n) is 4.59. The Bertz CT molecular complexity index is 338. The summed E-state index contributed by atoms with van der Waals surface area (Å²) in [4.78, 5) is 9.93. The van der Waals surface area contributed by atoms with Crippen LogP contribution in [0.25, 0.3) is 0 Å². The summed E-state index contributed by atoms with van der Waals surface area (Å²) in [5.41, 5.74) is 0.0473. The third-order valence-electron chi connectivity index (χ3n) is 1.76. The first-order chi connectivity index (χ1) is 7.24. The van der Waals surface area contributed by atoms with E-state index in [1.807, 2.05) is 6.08 Å². The Balaban J connectivity index is 2.25. The van der Waals surface area contributed by atoms with Gasteiger partial charge in [-0.15, -0.1) is 6.58 Å². The number of allylic oxidation sites excluding steroid dienone is 1. The van der Waals surface area contributed by atoms with E-state index in [0.717, 1.165) is 17.9 Å². The van der Waals surface area contributed by atoms with Gasteiger partial charge in [0.15, 0.2) is 0 Å². The smallest absolute Gasteiger partial charge is 0.265 e.